The lowest BCUT2D eigenvalue weighted by Gasteiger charge is -2.16. The number of nitrogens with zero attached hydrogens (tertiary/aromatic N) is 3. The summed E-state index contributed by atoms with van der Waals surface area (Å²) in [6.07, 6.45) is -0.616. The van der Waals surface area contributed by atoms with Gasteiger partial charge >= 0.3 is 6.18 Å². The maximum Gasteiger partial charge on any atom is 0.433 e. The van der Waals surface area contributed by atoms with Crippen molar-refractivity contribution in [2.45, 2.75) is 52.3 Å². The van der Waals surface area contributed by atoms with Gasteiger partial charge in [0, 0.05) is 24.3 Å². The van der Waals surface area contributed by atoms with Gasteiger partial charge in [-0.05, 0) is 44.6 Å². The zero-order valence-electron chi connectivity index (χ0n) is 14.8. The van der Waals surface area contributed by atoms with Crippen molar-refractivity contribution in [1.82, 2.24) is 25.3 Å². The van der Waals surface area contributed by atoms with E-state index in [2.05, 4.69) is 20.6 Å². The number of aromatic nitrogens is 4. The van der Waals surface area contributed by atoms with Gasteiger partial charge < -0.3 is 5.32 Å². The number of halogens is 3. The number of hydrogen-bond acceptors (Lipinski definition) is 3. The van der Waals surface area contributed by atoms with Gasteiger partial charge in [0.1, 0.15) is 5.69 Å². The summed E-state index contributed by atoms with van der Waals surface area (Å²) in [6, 6.07) is 1.03. The predicted molar refractivity (Wildman–Crippen MR) is 88.7 cm³/mol. The molecule has 9 heteroatoms. The van der Waals surface area contributed by atoms with Gasteiger partial charge in [-0.2, -0.15) is 23.4 Å². The lowest BCUT2D eigenvalue weighted by Crippen LogP contribution is -2.31. The van der Waals surface area contributed by atoms with E-state index in [1.54, 1.807) is 6.92 Å². The second-order valence-corrected chi connectivity index (χ2v) is 6.90. The van der Waals surface area contributed by atoms with Crippen LogP contribution in [0.25, 0.3) is 0 Å². The second-order valence-electron chi connectivity index (χ2n) is 6.90. The lowest BCUT2D eigenvalue weighted by atomic mass is 9.96. The van der Waals surface area contributed by atoms with Gasteiger partial charge in [-0.25, -0.2) is 0 Å². The zero-order chi connectivity index (χ0) is 18.9. The zero-order valence-corrected chi connectivity index (χ0v) is 14.8. The Labute approximate surface area is 149 Å². The van der Waals surface area contributed by atoms with Crippen molar-refractivity contribution >= 4 is 5.91 Å². The quantitative estimate of drug-likeness (QED) is 0.851. The molecule has 0 fully saturated rings. The minimum atomic E-state index is -4.45. The Bertz CT molecular complexity index is 793. The first-order chi connectivity index (χ1) is 12.3. The molecule has 0 spiro atoms. The van der Waals surface area contributed by atoms with Crippen LogP contribution in [-0.2, 0) is 25.6 Å². The molecule has 0 radical (unpaired) electrons. The largest absolute Gasteiger partial charge is 0.433 e. The van der Waals surface area contributed by atoms with Crippen molar-refractivity contribution in [1.29, 1.82) is 0 Å². The summed E-state index contributed by atoms with van der Waals surface area (Å²) in [4.78, 5) is 12.4. The molecule has 2 aromatic rings. The topological polar surface area (TPSA) is 75.6 Å². The highest BCUT2D eigenvalue weighted by Gasteiger charge is 2.35. The summed E-state index contributed by atoms with van der Waals surface area (Å²) in [7, 11) is 0. The van der Waals surface area contributed by atoms with Gasteiger partial charge in [-0.1, -0.05) is 6.92 Å². The minimum absolute atomic E-state index is 0.0711. The fourth-order valence-corrected chi connectivity index (χ4v) is 3.29. The van der Waals surface area contributed by atoms with E-state index in [4.69, 9.17) is 0 Å². The van der Waals surface area contributed by atoms with E-state index in [9.17, 15) is 18.0 Å². The Morgan fingerprint density at radius 1 is 1.38 bits per heavy atom. The number of fused-ring (bicyclic) bond motifs is 1. The van der Waals surface area contributed by atoms with Crippen LogP contribution >= 0.6 is 0 Å². The van der Waals surface area contributed by atoms with Gasteiger partial charge in [0.05, 0.1) is 5.69 Å². The van der Waals surface area contributed by atoms with Crippen molar-refractivity contribution in [2.24, 2.45) is 5.92 Å². The first-order valence-electron chi connectivity index (χ1n) is 8.71. The molecule has 0 aliphatic heterocycles. The smallest absolute Gasteiger partial charge is 0.350 e. The van der Waals surface area contributed by atoms with Gasteiger partial charge in [0.15, 0.2) is 5.69 Å². The summed E-state index contributed by atoms with van der Waals surface area (Å²) in [5.74, 6) is -0.502. The predicted octanol–water partition coefficient (Wildman–Crippen LogP) is 2.88. The summed E-state index contributed by atoms with van der Waals surface area (Å²) < 4.78 is 40.1. The van der Waals surface area contributed by atoms with Crippen molar-refractivity contribution in [3.05, 3.63) is 34.4 Å². The van der Waals surface area contributed by atoms with E-state index in [1.165, 1.54) is 6.92 Å². The Hall–Kier alpha value is -2.32. The molecule has 142 valence electrons. The van der Waals surface area contributed by atoms with E-state index in [0.717, 1.165) is 47.7 Å². The Kier molecular flexibility index (Phi) is 5.06. The van der Waals surface area contributed by atoms with Crippen LogP contribution in [0, 0.1) is 12.8 Å². The molecule has 2 aromatic heterocycles. The van der Waals surface area contributed by atoms with Crippen LogP contribution in [0.1, 0.15) is 52.9 Å². The molecule has 2 N–H and O–H groups in total. The molecule has 1 amide bonds. The third-order valence-electron chi connectivity index (χ3n) is 4.56. The van der Waals surface area contributed by atoms with E-state index >= 15 is 0 Å². The third-order valence-corrected chi connectivity index (χ3v) is 4.56. The molecular weight excluding hydrogens is 347 g/mol. The van der Waals surface area contributed by atoms with Crippen LogP contribution < -0.4 is 5.32 Å². The van der Waals surface area contributed by atoms with Crippen LogP contribution in [0.15, 0.2) is 6.07 Å². The highest BCUT2D eigenvalue weighted by atomic mass is 19.4. The number of alkyl halides is 3. The molecule has 0 unspecified atom stereocenters. The number of H-pyrrole nitrogens is 1. The second kappa shape index (κ2) is 7.13. The average Bonchev–Trinajstić information content (AvgIpc) is 3.16. The monoisotopic (exact) mass is 369 g/mol. The first-order valence-corrected chi connectivity index (χ1v) is 8.71. The molecule has 6 nitrogen and oxygen atoms in total. The molecule has 0 saturated heterocycles. The van der Waals surface area contributed by atoms with Crippen molar-refractivity contribution in [3.63, 3.8) is 0 Å². The van der Waals surface area contributed by atoms with E-state index in [-0.39, 0.29) is 24.9 Å². The minimum Gasteiger partial charge on any atom is -0.350 e. The van der Waals surface area contributed by atoms with Crippen LogP contribution in [0.2, 0.25) is 0 Å². The summed E-state index contributed by atoms with van der Waals surface area (Å²) >= 11 is 0. The highest BCUT2D eigenvalue weighted by Crippen LogP contribution is 2.30. The number of nitrogens with one attached hydrogen (secondary N) is 2. The van der Waals surface area contributed by atoms with Crippen LogP contribution in [0.4, 0.5) is 13.2 Å². The fraction of sp³-hybridized carbons (Fsp3) is 0.588. The number of carbonyl (C=O) groups excluding carboxylic acids is 1. The average molecular weight is 369 g/mol. The number of amides is 1. The number of hydrogen-bond donors (Lipinski definition) is 2. The first kappa shape index (κ1) is 18.5. The van der Waals surface area contributed by atoms with Crippen molar-refractivity contribution in [3.8, 4) is 0 Å². The van der Waals surface area contributed by atoms with E-state index in [1.807, 2.05) is 0 Å². The molecule has 0 saturated carbocycles. The fourth-order valence-electron chi connectivity index (χ4n) is 3.29. The lowest BCUT2D eigenvalue weighted by molar-refractivity contribution is -0.144. The molecule has 2 heterocycles. The highest BCUT2D eigenvalue weighted by molar-refractivity contribution is 5.94. The standard InChI is InChI=1S/C17H22F3N5O/c1-10(9-25-14(17(18,19)20)7-11(2)24-25)8-21-16(26)15-12-5-3-4-6-13(12)22-23-15/h7,10H,3-6,8-9H2,1-2H3,(H,21,26)(H,22,23)/t10-/m0/s1. The van der Waals surface area contributed by atoms with Crippen LogP contribution in [0.3, 0.4) is 0 Å². The maximum atomic E-state index is 13.0. The van der Waals surface area contributed by atoms with Gasteiger partial charge in [-0.15, -0.1) is 0 Å². The number of carbonyl (C=O) groups is 1. The Morgan fingerprint density at radius 2 is 2.12 bits per heavy atom. The molecule has 3 rings (SSSR count). The van der Waals surface area contributed by atoms with Crippen molar-refractivity contribution in [2.75, 3.05) is 6.54 Å². The number of aryl methyl sites for hydroxylation is 2. The summed E-state index contributed by atoms with van der Waals surface area (Å²) in [6.45, 7) is 3.62. The van der Waals surface area contributed by atoms with Gasteiger partial charge in [0.2, 0.25) is 0 Å². The van der Waals surface area contributed by atoms with Crippen molar-refractivity contribution < 1.29 is 18.0 Å². The molecule has 26 heavy (non-hydrogen) atoms. The molecule has 1 atom stereocenters. The Balaban J connectivity index is 1.60. The van der Waals surface area contributed by atoms with Gasteiger partial charge in [-0.3, -0.25) is 14.6 Å². The molecule has 0 aromatic carbocycles. The molecular formula is C17H22F3N5O. The number of rotatable bonds is 5. The molecule has 1 aliphatic carbocycles. The summed E-state index contributed by atoms with van der Waals surface area (Å²) in [5, 5.41) is 13.7. The van der Waals surface area contributed by atoms with E-state index < -0.39 is 11.9 Å². The summed E-state index contributed by atoms with van der Waals surface area (Å²) in [5.41, 5.74) is 1.92. The maximum absolute atomic E-state index is 13.0. The van der Waals surface area contributed by atoms with Gasteiger partial charge in [0.25, 0.3) is 5.91 Å². The molecule has 1 aliphatic rings. The van der Waals surface area contributed by atoms with E-state index in [0.29, 0.717) is 11.4 Å². The van der Waals surface area contributed by atoms with Crippen LogP contribution in [0.5, 0.6) is 0 Å². The Morgan fingerprint density at radius 3 is 2.85 bits per heavy atom. The normalized spacial score (nSPS) is 15.6. The molecule has 0 bridgehead atoms. The SMILES string of the molecule is Cc1cc(C(F)(F)F)n(C[C@@H](C)CNC(=O)c2n[nH]c3c2CCCC3)n1. The third kappa shape index (κ3) is 3.91. The number of aromatic amines is 1. The van der Waals surface area contributed by atoms with Crippen LogP contribution in [-0.4, -0.2) is 32.4 Å².